The van der Waals surface area contributed by atoms with Crippen molar-refractivity contribution in [2.75, 3.05) is 32.8 Å². The molecule has 0 aliphatic carbocycles. The number of piperidine rings is 1. The predicted molar refractivity (Wildman–Crippen MR) is 132 cm³/mol. The number of pyridine rings is 1. The highest BCUT2D eigenvalue weighted by molar-refractivity contribution is 7.80. The zero-order valence-electron chi connectivity index (χ0n) is 17.9. The first-order chi connectivity index (χ1) is 15.2. The summed E-state index contributed by atoms with van der Waals surface area (Å²) in [6.07, 6.45) is 10.6. The van der Waals surface area contributed by atoms with Gasteiger partial charge in [-0.15, -0.1) is 0 Å². The van der Waals surface area contributed by atoms with E-state index in [1.165, 1.54) is 43.5 Å². The van der Waals surface area contributed by atoms with Crippen LogP contribution in [0.15, 0.2) is 54.7 Å². The Labute approximate surface area is 195 Å². The molecule has 166 valence electrons. The standard InChI is InChI=1S/C24H31ClN4OS/c25-22-8-6-7-20(17-22)9-13-28-24(31)27-11-2-5-16-30-23-18-21(10-12-26-23)19-29-14-3-1-4-15-29/h2,5-8,10,12,17-18H,1,3-4,9,11,13-16,19H2,(H2,27,28,31)/b5-2-. The van der Waals surface area contributed by atoms with E-state index in [1.54, 1.807) is 0 Å². The lowest BCUT2D eigenvalue weighted by atomic mass is 10.1. The summed E-state index contributed by atoms with van der Waals surface area (Å²) in [5.74, 6) is 0.672. The Hall–Kier alpha value is -2.15. The van der Waals surface area contributed by atoms with Crippen molar-refractivity contribution in [2.45, 2.75) is 32.2 Å². The number of aromatic nitrogens is 1. The normalized spacial score (nSPS) is 14.5. The minimum absolute atomic E-state index is 0.483. The number of thiocarbonyl (C=S) groups is 1. The Morgan fingerprint density at radius 2 is 1.97 bits per heavy atom. The van der Waals surface area contributed by atoms with Gasteiger partial charge in [-0.05, 0) is 80.0 Å². The maximum atomic E-state index is 6.00. The summed E-state index contributed by atoms with van der Waals surface area (Å²) in [6, 6.07) is 12.0. The van der Waals surface area contributed by atoms with Gasteiger partial charge in [-0.1, -0.05) is 36.2 Å². The van der Waals surface area contributed by atoms with Crippen LogP contribution in [0.2, 0.25) is 5.02 Å². The molecule has 1 aliphatic heterocycles. The molecule has 2 N–H and O–H groups in total. The van der Waals surface area contributed by atoms with Crippen LogP contribution in [-0.2, 0) is 13.0 Å². The fraction of sp³-hybridized carbons (Fsp3) is 0.417. The lowest BCUT2D eigenvalue weighted by Crippen LogP contribution is -2.36. The first kappa shape index (κ1) is 23.5. The number of ether oxygens (including phenoxy) is 1. The molecule has 0 saturated carbocycles. The molecule has 0 unspecified atom stereocenters. The molecular weight excluding hydrogens is 428 g/mol. The fourth-order valence-corrected chi connectivity index (χ4v) is 3.91. The highest BCUT2D eigenvalue weighted by Gasteiger charge is 2.10. The van der Waals surface area contributed by atoms with Crippen molar-refractivity contribution < 1.29 is 4.74 Å². The minimum atomic E-state index is 0.483. The predicted octanol–water partition coefficient (Wildman–Crippen LogP) is 4.36. The van der Waals surface area contributed by atoms with Crippen molar-refractivity contribution in [2.24, 2.45) is 0 Å². The van der Waals surface area contributed by atoms with E-state index in [9.17, 15) is 0 Å². The second-order valence-electron chi connectivity index (χ2n) is 7.64. The van der Waals surface area contributed by atoms with Crippen molar-refractivity contribution in [3.05, 3.63) is 70.9 Å². The van der Waals surface area contributed by atoms with Crippen LogP contribution >= 0.6 is 23.8 Å². The van der Waals surface area contributed by atoms with Crippen LogP contribution in [0, 0.1) is 0 Å². The molecule has 7 heteroatoms. The van der Waals surface area contributed by atoms with Gasteiger partial charge in [0.2, 0.25) is 5.88 Å². The van der Waals surface area contributed by atoms with E-state index in [2.05, 4.69) is 32.7 Å². The molecule has 1 fully saturated rings. The van der Waals surface area contributed by atoms with Crippen molar-refractivity contribution in [3.63, 3.8) is 0 Å². The summed E-state index contributed by atoms with van der Waals surface area (Å²) in [5.41, 5.74) is 2.44. The smallest absolute Gasteiger partial charge is 0.213 e. The van der Waals surface area contributed by atoms with Gasteiger partial charge in [0.05, 0.1) is 0 Å². The summed E-state index contributed by atoms with van der Waals surface area (Å²) in [5, 5.41) is 7.77. The molecule has 0 atom stereocenters. The van der Waals surface area contributed by atoms with Crippen molar-refractivity contribution in [3.8, 4) is 5.88 Å². The van der Waals surface area contributed by atoms with Gasteiger partial charge in [-0.2, -0.15) is 0 Å². The number of nitrogens with one attached hydrogen (secondary N) is 2. The van der Waals surface area contributed by atoms with Gasteiger partial charge < -0.3 is 15.4 Å². The van der Waals surface area contributed by atoms with Gasteiger partial charge in [0.25, 0.3) is 0 Å². The summed E-state index contributed by atoms with van der Waals surface area (Å²) in [6.45, 7) is 5.24. The number of hydrogen-bond acceptors (Lipinski definition) is 4. The van der Waals surface area contributed by atoms with Gasteiger partial charge in [-0.3, -0.25) is 4.90 Å². The number of nitrogens with zero attached hydrogens (tertiary/aromatic N) is 2. The Bertz CT molecular complexity index is 855. The summed E-state index contributed by atoms with van der Waals surface area (Å²) in [4.78, 5) is 6.81. The number of rotatable bonds is 10. The average Bonchev–Trinajstić information content (AvgIpc) is 2.77. The van der Waals surface area contributed by atoms with E-state index in [1.807, 2.05) is 42.6 Å². The highest BCUT2D eigenvalue weighted by atomic mass is 35.5. The molecule has 1 aromatic heterocycles. The van der Waals surface area contributed by atoms with Crippen LogP contribution in [-0.4, -0.2) is 47.8 Å². The summed E-state index contributed by atoms with van der Waals surface area (Å²) >= 11 is 11.3. The number of likely N-dealkylation sites (tertiary alicyclic amines) is 1. The van der Waals surface area contributed by atoms with Crippen LogP contribution in [0.1, 0.15) is 30.4 Å². The first-order valence-electron chi connectivity index (χ1n) is 10.9. The lowest BCUT2D eigenvalue weighted by molar-refractivity contribution is 0.220. The topological polar surface area (TPSA) is 49.4 Å². The SMILES string of the molecule is S=C(NC/C=C\COc1cc(CN2CCCCC2)ccn1)NCCc1cccc(Cl)c1. The number of halogens is 1. The Morgan fingerprint density at radius 3 is 2.81 bits per heavy atom. The number of benzene rings is 1. The van der Waals surface area contributed by atoms with Crippen molar-refractivity contribution in [1.29, 1.82) is 0 Å². The first-order valence-corrected chi connectivity index (χ1v) is 11.7. The largest absolute Gasteiger partial charge is 0.473 e. The molecule has 0 amide bonds. The lowest BCUT2D eigenvalue weighted by Gasteiger charge is -2.26. The van der Waals surface area contributed by atoms with Crippen LogP contribution < -0.4 is 15.4 Å². The molecule has 0 radical (unpaired) electrons. The van der Waals surface area contributed by atoms with E-state index in [4.69, 9.17) is 28.6 Å². The average molecular weight is 459 g/mol. The Morgan fingerprint density at radius 1 is 1.10 bits per heavy atom. The number of hydrogen-bond donors (Lipinski definition) is 2. The molecule has 31 heavy (non-hydrogen) atoms. The summed E-state index contributed by atoms with van der Waals surface area (Å²) < 4.78 is 5.76. The maximum absolute atomic E-state index is 6.00. The minimum Gasteiger partial charge on any atom is -0.473 e. The quantitative estimate of drug-likeness (QED) is 0.407. The van der Waals surface area contributed by atoms with Gasteiger partial charge in [0.1, 0.15) is 6.61 Å². The second-order valence-corrected chi connectivity index (χ2v) is 8.48. The third-order valence-electron chi connectivity index (χ3n) is 5.12. The molecule has 1 saturated heterocycles. The zero-order chi connectivity index (χ0) is 21.7. The third-order valence-corrected chi connectivity index (χ3v) is 5.64. The Kier molecular flexibility index (Phi) is 10.1. The third kappa shape index (κ3) is 9.25. The Balaban J connectivity index is 1.28. The van der Waals surface area contributed by atoms with Crippen LogP contribution in [0.4, 0.5) is 0 Å². The molecule has 0 bridgehead atoms. The molecule has 2 aromatic rings. The molecule has 2 heterocycles. The maximum Gasteiger partial charge on any atom is 0.213 e. The van der Waals surface area contributed by atoms with Gasteiger partial charge in [0.15, 0.2) is 5.11 Å². The van der Waals surface area contributed by atoms with E-state index >= 15 is 0 Å². The molecule has 3 rings (SSSR count). The van der Waals surface area contributed by atoms with Crippen LogP contribution in [0.25, 0.3) is 0 Å². The van der Waals surface area contributed by atoms with Gasteiger partial charge in [0, 0.05) is 36.9 Å². The zero-order valence-corrected chi connectivity index (χ0v) is 19.4. The van der Waals surface area contributed by atoms with Crippen molar-refractivity contribution in [1.82, 2.24) is 20.5 Å². The molecule has 5 nitrogen and oxygen atoms in total. The second kappa shape index (κ2) is 13.3. The van der Waals surface area contributed by atoms with Crippen LogP contribution in [0.5, 0.6) is 5.88 Å². The molecule has 1 aliphatic rings. The monoisotopic (exact) mass is 458 g/mol. The van der Waals surface area contributed by atoms with Crippen LogP contribution in [0.3, 0.4) is 0 Å². The van der Waals surface area contributed by atoms with Crippen molar-refractivity contribution >= 4 is 28.9 Å². The van der Waals surface area contributed by atoms with E-state index < -0.39 is 0 Å². The molecule has 0 spiro atoms. The summed E-state index contributed by atoms with van der Waals surface area (Å²) in [7, 11) is 0. The van der Waals surface area contributed by atoms with Gasteiger partial charge in [-0.25, -0.2) is 4.98 Å². The highest BCUT2D eigenvalue weighted by Crippen LogP contribution is 2.15. The van der Waals surface area contributed by atoms with E-state index in [-0.39, 0.29) is 0 Å². The molecule has 1 aromatic carbocycles. The fourth-order valence-electron chi connectivity index (χ4n) is 3.52. The van der Waals surface area contributed by atoms with E-state index in [0.717, 1.165) is 24.5 Å². The van der Waals surface area contributed by atoms with E-state index in [0.29, 0.717) is 24.1 Å². The molecular formula is C24H31ClN4OS. The van der Waals surface area contributed by atoms with Gasteiger partial charge >= 0.3 is 0 Å².